The van der Waals surface area contributed by atoms with E-state index < -0.39 is 0 Å². The van der Waals surface area contributed by atoms with Crippen LogP contribution >= 0.6 is 0 Å². The van der Waals surface area contributed by atoms with Crippen LogP contribution in [-0.2, 0) is 0 Å². The molecule has 0 saturated carbocycles. The average molecular weight is 473 g/mol. The van der Waals surface area contributed by atoms with Crippen LogP contribution in [0.15, 0.2) is 66.7 Å². The number of hydrogen-bond acceptors (Lipinski definition) is 0. The number of hydrogen-bond donors (Lipinski definition) is 0. The van der Waals surface area contributed by atoms with Crippen molar-refractivity contribution in [2.24, 2.45) is 0 Å². The Hall–Kier alpha value is -0.501. The van der Waals surface area contributed by atoms with Crippen LogP contribution in [0.3, 0.4) is 0 Å². The van der Waals surface area contributed by atoms with Gasteiger partial charge in [0.1, 0.15) is 0 Å². The van der Waals surface area contributed by atoms with Gasteiger partial charge in [-0.3, -0.25) is 0 Å². The Morgan fingerprint density at radius 1 is 0.684 bits per heavy atom. The van der Waals surface area contributed by atoms with Crippen LogP contribution < -0.4 is 10.8 Å². The van der Waals surface area contributed by atoms with Crippen molar-refractivity contribution >= 4 is 63.5 Å². The summed E-state index contributed by atoms with van der Waals surface area (Å²) in [5, 5.41) is 2.98. The Bertz CT molecular complexity index is 685. The first-order chi connectivity index (χ1) is 9.38. The van der Waals surface area contributed by atoms with E-state index in [1.165, 1.54) is 9.00 Å². The fourth-order valence-corrected chi connectivity index (χ4v) is 7.54. The van der Waals surface area contributed by atoms with Gasteiger partial charge in [0.15, 0.2) is 0 Å². The molecule has 0 unspecified atom stereocenters. The predicted octanol–water partition coefficient (Wildman–Crippen LogP) is 1.87. The summed E-state index contributed by atoms with van der Waals surface area (Å²) in [6, 6.07) is 24.5. The molecule has 0 N–H and O–H groups in total. The van der Waals surface area contributed by atoms with E-state index >= 15 is 0 Å². The molecule has 0 aromatic heterocycles. The van der Waals surface area contributed by atoms with Crippen LogP contribution in [0.5, 0.6) is 0 Å². The van der Waals surface area contributed by atoms with Crippen LogP contribution in [0, 0.1) is 0 Å². The van der Waals surface area contributed by atoms with E-state index in [2.05, 4.69) is 71.7 Å². The predicted molar refractivity (Wildman–Crippen MR) is 86.7 cm³/mol. The van der Waals surface area contributed by atoms with Gasteiger partial charge in [0, 0.05) is 0 Å². The third-order valence-corrected chi connectivity index (χ3v) is 8.29. The number of rotatable bonds is 3. The molecule has 0 saturated heterocycles. The summed E-state index contributed by atoms with van der Waals surface area (Å²) in [5.41, 5.74) is 0. The first kappa shape index (κ1) is 13.5. The molecule has 0 bridgehead atoms. The van der Waals surface area contributed by atoms with Crippen molar-refractivity contribution in [1.29, 1.82) is 0 Å². The van der Waals surface area contributed by atoms with Crippen LogP contribution in [-0.4, -0.2) is 41.8 Å². The molecule has 0 aliphatic heterocycles. The molecule has 0 aliphatic carbocycles. The van der Waals surface area contributed by atoms with Gasteiger partial charge in [0.05, 0.1) is 0 Å². The second-order valence-corrected chi connectivity index (χ2v) is 9.83. The summed E-state index contributed by atoms with van der Waals surface area (Å²) in [4.78, 5) is 2.37. The summed E-state index contributed by atoms with van der Waals surface area (Å²) in [7, 11) is 0. The third kappa shape index (κ3) is 2.99. The second-order valence-electron chi connectivity index (χ2n) is 4.23. The SMILES string of the molecule is C[Te]c1cccc2cccc([Te]c3ccccc3)c12. The van der Waals surface area contributed by atoms with E-state index in [-0.39, 0.29) is 41.8 Å². The monoisotopic (exact) mass is 478 g/mol. The van der Waals surface area contributed by atoms with Crippen LogP contribution in [0.1, 0.15) is 0 Å². The quantitative estimate of drug-likeness (QED) is 0.510. The van der Waals surface area contributed by atoms with Gasteiger partial charge in [-0.1, -0.05) is 0 Å². The Morgan fingerprint density at radius 3 is 2.05 bits per heavy atom. The normalized spacial score (nSPS) is 10.8. The zero-order valence-corrected chi connectivity index (χ0v) is 15.3. The van der Waals surface area contributed by atoms with Crippen LogP contribution in [0.2, 0.25) is 4.97 Å². The third-order valence-electron chi connectivity index (χ3n) is 3.02. The first-order valence-electron chi connectivity index (χ1n) is 6.17. The van der Waals surface area contributed by atoms with Gasteiger partial charge in [0.25, 0.3) is 0 Å². The van der Waals surface area contributed by atoms with Gasteiger partial charge >= 0.3 is 135 Å². The first-order valence-corrected chi connectivity index (χ1v) is 12.0. The zero-order chi connectivity index (χ0) is 13.1. The van der Waals surface area contributed by atoms with Crippen molar-refractivity contribution in [2.45, 2.75) is 4.97 Å². The molecule has 3 rings (SSSR count). The average Bonchev–Trinajstić information content (AvgIpc) is 2.48. The molecule has 0 amide bonds. The van der Waals surface area contributed by atoms with Crippen molar-refractivity contribution in [1.82, 2.24) is 0 Å². The van der Waals surface area contributed by atoms with Gasteiger partial charge in [-0.2, -0.15) is 0 Å². The molecule has 94 valence electrons. The summed E-state index contributed by atoms with van der Waals surface area (Å²) >= 11 is -0.318. The van der Waals surface area contributed by atoms with Gasteiger partial charge in [-0.25, -0.2) is 0 Å². The van der Waals surface area contributed by atoms with Crippen LogP contribution in [0.4, 0.5) is 0 Å². The van der Waals surface area contributed by atoms with Crippen molar-refractivity contribution in [3.8, 4) is 0 Å². The van der Waals surface area contributed by atoms with E-state index in [1.807, 2.05) is 0 Å². The maximum absolute atomic E-state index is 2.37. The molecule has 3 aromatic carbocycles. The minimum atomic E-state index is -0.277. The molecule has 0 nitrogen and oxygen atoms in total. The van der Waals surface area contributed by atoms with E-state index in [4.69, 9.17) is 0 Å². The molecule has 0 fully saturated rings. The van der Waals surface area contributed by atoms with Gasteiger partial charge < -0.3 is 0 Å². The molecule has 0 spiro atoms. The molecule has 0 aliphatic rings. The molecule has 0 atom stereocenters. The fraction of sp³-hybridized carbons (Fsp3) is 0.0588. The summed E-state index contributed by atoms with van der Waals surface area (Å²) in [6.07, 6.45) is 0. The maximum atomic E-state index is 2.37. The molecular weight excluding hydrogens is 459 g/mol. The molecular formula is C17H14Te2. The Labute approximate surface area is 134 Å². The summed E-state index contributed by atoms with van der Waals surface area (Å²) < 4.78 is 4.73. The molecule has 2 heteroatoms. The van der Waals surface area contributed by atoms with Crippen molar-refractivity contribution in [3.63, 3.8) is 0 Å². The van der Waals surface area contributed by atoms with Gasteiger partial charge in [-0.05, 0) is 0 Å². The van der Waals surface area contributed by atoms with Crippen LogP contribution in [0.25, 0.3) is 10.8 Å². The second kappa shape index (κ2) is 6.30. The zero-order valence-electron chi connectivity index (χ0n) is 10.7. The molecule has 0 heterocycles. The Kier molecular flexibility index (Phi) is 4.47. The van der Waals surface area contributed by atoms with E-state index in [0.29, 0.717) is 0 Å². The molecule has 0 radical (unpaired) electrons. The Morgan fingerprint density at radius 2 is 1.37 bits per heavy atom. The summed E-state index contributed by atoms with van der Waals surface area (Å²) in [5.74, 6) is 0. The molecule has 19 heavy (non-hydrogen) atoms. The van der Waals surface area contributed by atoms with E-state index in [1.54, 1.807) is 12.6 Å². The number of fused-ring (bicyclic) bond motifs is 1. The van der Waals surface area contributed by atoms with Crippen molar-refractivity contribution in [2.75, 3.05) is 0 Å². The van der Waals surface area contributed by atoms with Gasteiger partial charge in [0.2, 0.25) is 0 Å². The molecule has 3 aromatic rings. The summed E-state index contributed by atoms with van der Waals surface area (Å²) in [6.45, 7) is 0. The Balaban J connectivity index is 2.13. The van der Waals surface area contributed by atoms with Crippen molar-refractivity contribution in [3.05, 3.63) is 66.7 Å². The standard InChI is InChI=1S/C17H14Te2/c1-18-15-11-5-7-13-8-6-12-16(17(13)15)19-14-9-3-2-4-10-14/h2-12H,1H3. The van der Waals surface area contributed by atoms with E-state index in [0.717, 1.165) is 0 Å². The van der Waals surface area contributed by atoms with E-state index in [9.17, 15) is 0 Å². The fourth-order valence-electron chi connectivity index (χ4n) is 2.14. The topological polar surface area (TPSA) is 0 Å². The minimum absolute atomic E-state index is 0.0418. The van der Waals surface area contributed by atoms with Crippen molar-refractivity contribution < 1.29 is 0 Å². The van der Waals surface area contributed by atoms with Gasteiger partial charge in [-0.15, -0.1) is 0 Å². The number of benzene rings is 3.